The third kappa shape index (κ3) is 2.94. The molecule has 1 N–H and O–H groups in total. The Kier molecular flexibility index (Phi) is 4.09. The molecule has 0 spiro atoms. The molecule has 0 bridgehead atoms. The second-order valence-electron chi connectivity index (χ2n) is 3.48. The number of carbonyl (C=O) groups excluding carboxylic acids is 2. The molecule has 1 unspecified atom stereocenters. The zero-order chi connectivity index (χ0) is 11.3. The fraction of sp³-hybridized carbons (Fsp3) is 0.455. The molecule has 1 saturated heterocycles. The third-order valence-corrected chi connectivity index (χ3v) is 2.30. The van der Waals surface area contributed by atoms with Gasteiger partial charge in [0.05, 0.1) is 0 Å². The van der Waals surface area contributed by atoms with Crippen LogP contribution in [0.4, 0.5) is 0 Å². The van der Waals surface area contributed by atoms with E-state index in [0.29, 0.717) is 25.9 Å². The fourth-order valence-corrected chi connectivity index (χ4v) is 1.59. The van der Waals surface area contributed by atoms with Crippen LogP contribution in [0.25, 0.3) is 0 Å². The first-order valence-electron chi connectivity index (χ1n) is 4.99. The summed E-state index contributed by atoms with van der Waals surface area (Å²) in [6.07, 6.45) is 4.35. The molecule has 15 heavy (non-hydrogen) atoms. The lowest BCUT2D eigenvalue weighted by atomic mass is 10.2. The first kappa shape index (κ1) is 11.5. The SMILES string of the molecule is C=CCN(CC=C)C(=O)C1CCC(=O)N1. The highest BCUT2D eigenvalue weighted by Crippen LogP contribution is 2.09. The smallest absolute Gasteiger partial charge is 0.245 e. The van der Waals surface area contributed by atoms with E-state index in [2.05, 4.69) is 18.5 Å². The zero-order valence-corrected chi connectivity index (χ0v) is 8.74. The van der Waals surface area contributed by atoms with Crippen LogP contribution in [0.2, 0.25) is 0 Å². The molecule has 1 rings (SSSR count). The van der Waals surface area contributed by atoms with Gasteiger partial charge in [-0.1, -0.05) is 12.2 Å². The summed E-state index contributed by atoms with van der Waals surface area (Å²) < 4.78 is 0. The normalized spacial score (nSPS) is 19.5. The lowest BCUT2D eigenvalue weighted by Crippen LogP contribution is -2.44. The molecule has 0 aromatic rings. The average Bonchev–Trinajstić information content (AvgIpc) is 2.63. The predicted molar refractivity (Wildman–Crippen MR) is 58.1 cm³/mol. The quantitative estimate of drug-likeness (QED) is 0.667. The summed E-state index contributed by atoms with van der Waals surface area (Å²) >= 11 is 0. The molecule has 0 aromatic heterocycles. The predicted octanol–water partition coefficient (Wildman–Crippen LogP) is 0.466. The van der Waals surface area contributed by atoms with Crippen LogP contribution in [0.3, 0.4) is 0 Å². The molecule has 1 aliphatic rings. The van der Waals surface area contributed by atoms with Crippen molar-refractivity contribution >= 4 is 11.8 Å². The Labute approximate surface area is 89.6 Å². The Balaban J connectivity index is 2.58. The highest BCUT2D eigenvalue weighted by molar-refractivity contribution is 5.90. The molecule has 82 valence electrons. The maximum Gasteiger partial charge on any atom is 0.245 e. The second kappa shape index (κ2) is 5.34. The van der Waals surface area contributed by atoms with Gasteiger partial charge in [0.15, 0.2) is 0 Å². The lowest BCUT2D eigenvalue weighted by molar-refractivity contribution is -0.133. The Bertz CT molecular complexity index is 276. The van der Waals surface area contributed by atoms with Gasteiger partial charge in [-0.05, 0) is 6.42 Å². The molecule has 0 radical (unpaired) electrons. The summed E-state index contributed by atoms with van der Waals surface area (Å²) in [5, 5.41) is 2.65. The van der Waals surface area contributed by atoms with Crippen molar-refractivity contribution in [2.24, 2.45) is 0 Å². The highest BCUT2D eigenvalue weighted by atomic mass is 16.2. The van der Waals surface area contributed by atoms with Gasteiger partial charge < -0.3 is 10.2 Å². The monoisotopic (exact) mass is 208 g/mol. The fourth-order valence-electron chi connectivity index (χ4n) is 1.59. The third-order valence-electron chi connectivity index (χ3n) is 2.30. The van der Waals surface area contributed by atoms with Crippen LogP contribution < -0.4 is 5.32 Å². The Morgan fingerprint density at radius 2 is 2.07 bits per heavy atom. The van der Waals surface area contributed by atoms with Gasteiger partial charge >= 0.3 is 0 Å². The maximum absolute atomic E-state index is 11.9. The zero-order valence-electron chi connectivity index (χ0n) is 8.74. The van der Waals surface area contributed by atoms with E-state index in [1.165, 1.54) is 0 Å². The molecule has 4 nitrogen and oxygen atoms in total. The van der Waals surface area contributed by atoms with E-state index >= 15 is 0 Å². The van der Waals surface area contributed by atoms with Crippen molar-refractivity contribution < 1.29 is 9.59 Å². The van der Waals surface area contributed by atoms with Crippen LogP contribution in [-0.2, 0) is 9.59 Å². The van der Waals surface area contributed by atoms with E-state index < -0.39 is 0 Å². The van der Waals surface area contributed by atoms with E-state index in [-0.39, 0.29) is 17.9 Å². The van der Waals surface area contributed by atoms with Crippen molar-refractivity contribution in [3.63, 3.8) is 0 Å². The van der Waals surface area contributed by atoms with Gasteiger partial charge in [-0.25, -0.2) is 0 Å². The van der Waals surface area contributed by atoms with Gasteiger partial charge in [-0.3, -0.25) is 9.59 Å². The first-order chi connectivity index (χ1) is 7.19. The molecular weight excluding hydrogens is 192 g/mol. The van der Waals surface area contributed by atoms with Crippen molar-refractivity contribution in [1.82, 2.24) is 10.2 Å². The average molecular weight is 208 g/mol. The number of rotatable bonds is 5. The van der Waals surface area contributed by atoms with Crippen molar-refractivity contribution in [1.29, 1.82) is 0 Å². The van der Waals surface area contributed by atoms with Crippen LogP contribution in [0, 0.1) is 0 Å². The van der Waals surface area contributed by atoms with Crippen LogP contribution in [0.5, 0.6) is 0 Å². The van der Waals surface area contributed by atoms with Crippen LogP contribution in [0.1, 0.15) is 12.8 Å². The standard InChI is InChI=1S/C11H16N2O2/c1-3-7-13(8-4-2)11(15)9-5-6-10(14)12-9/h3-4,9H,1-2,5-8H2,(H,12,14). The number of nitrogens with one attached hydrogen (secondary N) is 1. The van der Waals surface area contributed by atoms with Crippen LogP contribution in [0.15, 0.2) is 25.3 Å². The lowest BCUT2D eigenvalue weighted by Gasteiger charge is -2.22. The molecule has 1 heterocycles. The minimum absolute atomic E-state index is 0.0505. The number of hydrogen-bond donors (Lipinski definition) is 1. The van der Waals surface area contributed by atoms with E-state index in [1.54, 1.807) is 17.1 Å². The van der Waals surface area contributed by atoms with Gasteiger partial charge in [-0.2, -0.15) is 0 Å². The van der Waals surface area contributed by atoms with Gasteiger partial charge in [0.1, 0.15) is 6.04 Å². The minimum atomic E-state index is -0.364. The van der Waals surface area contributed by atoms with Gasteiger partial charge in [0.25, 0.3) is 0 Å². The molecule has 2 amide bonds. The summed E-state index contributed by atoms with van der Waals surface area (Å²) in [5.74, 6) is -0.105. The number of hydrogen-bond acceptors (Lipinski definition) is 2. The molecule has 0 saturated carbocycles. The largest absolute Gasteiger partial charge is 0.344 e. The minimum Gasteiger partial charge on any atom is -0.344 e. The Morgan fingerprint density at radius 1 is 1.47 bits per heavy atom. The van der Waals surface area contributed by atoms with E-state index in [0.717, 1.165) is 0 Å². The molecule has 1 aliphatic heterocycles. The number of nitrogens with zero attached hydrogens (tertiary/aromatic N) is 1. The van der Waals surface area contributed by atoms with Crippen LogP contribution >= 0.6 is 0 Å². The van der Waals surface area contributed by atoms with E-state index in [4.69, 9.17) is 0 Å². The first-order valence-corrected chi connectivity index (χ1v) is 4.99. The molecule has 1 atom stereocenters. The van der Waals surface area contributed by atoms with Crippen molar-refractivity contribution in [2.75, 3.05) is 13.1 Å². The molecule has 0 aliphatic carbocycles. The van der Waals surface area contributed by atoms with Crippen molar-refractivity contribution in [3.8, 4) is 0 Å². The topological polar surface area (TPSA) is 49.4 Å². The van der Waals surface area contributed by atoms with Crippen molar-refractivity contribution in [2.45, 2.75) is 18.9 Å². The Morgan fingerprint density at radius 3 is 2.47 bits per heavy atom. The summed E-state index contributed by atoms with van der Waals surface area (Å²) in [6, 6.07) is -0.364. The van der Waals surface area contributed by atoms with Crippen LogP contribution in [-0.4, -0.2) is 35.8 Å². The summed E-state index contributed by atoms with van der Waals surface area (Å²) in [7, 11) is 0. The van der Waals surface area contributed by atoms with E-state index in [9.17, 15) is 9.59 Å². The Hall–Kier alpha value is -1.58. The second-order valence-corrected chi connectivity index (χ2v) is 3.48. The van der Waals surface area contributed by atoms with Gasteiger partial charge in [0.2, 0.25) is 11.8 Å². The number of carbonyl (C=O) groups is 2. The van der Waals surface area contributed by atoms with Gasteiger partial charge in [-0.15, -0.1) is 13.2 Å². The highest BCUT2D eigenvalue weighted by Gasteiger charge is 2.29. The molecule has 1 fully saturated rings. The number of amides is 2. The van der Waals surface area contributed by atoms with Crippen molar-refractivity contribution in [3.05, 3.63) is 25.3 Å². The molecule has 0 aromatic carbocycles. The van der Waals surface area contributed by atoms with E-state index in [1.807, 2.05) is 0 Å². The van der Waals surface area contributed by atoms with Gasteiger partial charge in [0, 0.05) is 19.5 Å². The summed E-state index contributed by atoms with van der Waals surface area (Å²) in [4.78, 5) is 24.5. The molecule has 4 heteroatoms. The molecular formula is C11H16N2O2. The maximum atomic E-state index is 11.9. The summed E-state index contributed by atoms with van der Waals surface area (Å²) in [5.41, 5.74) is 0. The summed E-state index contributed by atoms with van der Waals surface area (Å²) in [6.45, 7) is 8.15.